The quantitative estimate of drug-likeness (QED) is 0.729. The zero-order valence-electron chi connectivity index (χ0n) is 10.4. The first-order valence-electron chi connectivity index (χ1n) is 5.69. The van der Waals surface area contributed by atoms with Crippen LogP contribution < -0.4 is 5.32 Å². The highest BCUT2D eigenvalue weighted by molar-refractivity contribution is 6.12. The normalized spacial score (nSPS) is 10.8. The molecule has 0 spiro atoms. The number of aryl methyl sites for hydroxylation is 2. The Morgan fingerprint density at radius 3 is 3.00 bits per heavy atom. The Hall–Kier alpha value is -2.70. The number of aromatic nitrogens is 4. The lowest BCUT2D eigenvalue weighted by molar-refractivity contribution is 0.102. The van der Waals surface area contributed by atoms with Gasteiger partial charge in [-0.3, -0.25) is 9.89 Å². The fourth-order valence-electron chi connectivity index (χ4n) is 1.91. The average Bonchev–Trinajstić information content (AvgIpc) is 2.99. The molecule has 0 radical (unpaired) electrons. The van der Waals surface area contributed by atoms with E-state index in [0.717, 1.165) is 0 Å². The predicted octanol–water partition coefficient (Wildman–Crippen LogP) is 1.82. The van der Waals surface area contributed by atoms with Crippen LogP contribution in [0.5, 0.6) is 0 Å². The molecule has 96 valence electrons. The highest BCUT2D eigenvalue weighted by Crippen LogP contribution is 2.22. The number of anilines is 1. The number of carbonyl (C=O) groups excluding carboxylic acids is 1. The molecular formula is C12H11N5O2. The molecule has 0 fully saturated rings. The van der Waals surface area contributed by atoms with Gasteiger partial charge in [-0.05, 0) is 19.9 Å². The Labute approximate surface area is 108 Å². The first-order valence-corrected chi connectivity index (χ1v) is 5.69. The van der Waals surface area contributed by atoms with Gasteiger partial charge in [-0.2, -0.15) is 5.10 Å². The third-order valence-electron chi connectivity index (χ3n) is 2.75. The lowest BCUT2D eigenvalue weighted by Gasteiger charge is -2.04. The van der Waals surface area contributed by atoms with Crippen LogP contribution in [0.1, 0.15) is 21.7 Å². The van der Waals surface area contributed by atoms with Gasteiger partial charge in [0.15, 0.2) is 0 Å². The van der Waals surface area contributed by atoms with E-state index >= 15 is 0 Å². The summed E-state index contributed by atoms with van der Waals surface area (Å²) in [7, 11) is 0. The van der Waals surface area contributed by atoms with E-state index in [1.54, 1.807) is 26.1 Å². The Bertz CT molecular complexity index is 745. The van der Waals surface area contributed by atoms with Crippen molar-refractivity contribution < 1.29 is 9.32 Å². The number of nitrogens with one attached hydrogen (secondary N) is 2. The van der Waals surface area contributed by atoms with Crippen LogP contribution in [0, 0.1) is 13.8 Å². The molecule has 19 heavy (non-hydrogen) atoms. The molecule has 3 aromatic rings. The van der Waals surface area contributed by atoms with E-state index in [0.29, 0.717) is 33.7 Å². The monoisotopic (exact) mass is 257 g/mol. The number of H-pyrrole nitrogens is 1. The van der Waals surface area contributed by atoms with Gasteiger partial charge in [0.25, 0.3) is 11.6 Å². The summed E-state index contributed by atoms with van der Waals surface area (Å²) in [5.41, 5.74) is 2.79. The topological polar surface area (TPSA) is 96.7 Å². The molecule has 3 heterocycles. The largest absolute Gasteiger partial charge is 0.336 e. The van der Waals surface area contributed by atoms with Crippen LogP contribution in [0.15, 0.2) is 23.0 Å². The van der Waals surface area contributed by atoms with E-state index in [4.69, 9.17) is 4.52 Å². The maximum absolute atomic E-state index is 12.3. The number of hydrogen-bond donors (Lipinski definition) is 2. The van der Waals surface area contributed by atoms with Gasteiger partial charge in [0, 0.05) is 11.9 Å². The maximum Gasteiger partial charge on any atom is 0.258 e. The highest BCUT2D eigenvalue weighted by atomic mass is 16.5. The molecule has 3 aromatic heterocycles. The predicted molar refractivity (Wildman–Crippen MR) is 67.8 cm³/mol. The number of fused-ring (bicyclic) bond motifs is 1. The maximum atomic E-state index is 12.3. The van der Waals surface area contributed by atoms with Crippen molar-refractivity contribution >= 4 is 22.7 Å². The van der Waals surface area contributed by atoms with E-state index in [1.165, 1.54) is 6.20 Å². The number of carbonyl (C=O) groups is 1. The van der Waals surface area contributed by atoms with E-state index < -0.39 is 0 Å². The molecule has 2 N–H and O–H groups in total. The van der Waals surface area contributed by atoms with Gasteiger partial charge < -0.3 is 9.84 Å². The van der Waals surface area contributed by atoms with Crippen molar-refractivity contribution in [3.05, 3.63) is 35.4 Å². The van der Waals surface area contributed by atoms with Crippen LogP contribution in [0.25, 0.3) is 11.1 Å². The number of hydrogen-bond acceptors (Lipinski definition) is 5. The molecule has 0 aliphatic carbocycles. The van der Waals surface area contributed by atoms with Crippen molar-refractivity contribution in [1.82, 2.24) is 20.3 Å². The number of aromatic amines is 1. The third kappa shape index (κ3) is 1.95. The molecule has 3 rings (SSSR count). The molecule has 0 aliphatic heterocycles. The van der Waals surface area contributed by atoms with E-state index in [9.17, 15) is 4.79 Å². The van der Waals surface area contributed by atoms with Gasteiger partial charge in [-0.1, -0.05) is 5.16 Å². The van der Waals surface area contributed by atoms with Crippen molar-refractivity contribution in [2.45, 2.75) is 13.8 Å². The highest BCUT2D eigenvalue weighted by Gasteiger charge is 2.17. The zero-order valence-corrected chi connectivity index (χ0v) is 10.4. The Morgan fingerprint density at radius 1 is 1.42 bits per heavy atom. The van der Waals surface area contributed by atoms with Crippen LogP contribution in [0.3, 0.4) is 0 Å². The van der Waals surface area contributed by atoms with Gasteiger partial charge in [0.05, 0.1) is 28.5 Å². The van der Waals surface area contributed by atoms with Crippen molar-refractivity contribution in [2.24, 2.45) is 0 Å². The first-order chi connectivity index (χ1) is 9.15. The molecular weight excluding hydrogens is 246 g/mol. The molecule has 0 saturated carbocycles. The molecule has 0 unspecified atom stereocenters. The second kappa shape index (κ2) is 4.20. The lowest BCUT2D eigenvalue weighted by atomic mass is 10.1. The lowest BCUT2D eigenvalue weighted by Crippen LogP contribution is -2.12. The summed E-state index contributed by atoms with van der Waals surface area (Å²) in [6.07, 6.45) is 3.13. The molecule has 1 amide bonds. The Kier molecular flexibility index (Phi) is 2.52. The second-order valence-electron chi connectivity index (χ2n) is 4.20. The van der Waals surface area contributed by atoms with Crippen LogP contribution in [0.4, 0.5) is 5.69 Å². The molecule has 0 atom stereocenters. The van der Waals surface area contributed by atoms with Crippen molar-refractivity contribution in [2.75, 3.05) is 5.32 Å². The van der Waals surface area contributed by atoms with Gasteiger partial charge in [-0.15, -0.1) is 0 Å². The first kappa shape index (κ1) is 11.4. The summed E-state index contributed by atoms with van der Waals surface area (Å²) in [6, 6.07) is 1.71. The average molecular weight is 257 g/mol. The summed E-state index contributed by atoms with van der Waals surface area (Å²) < 4.78 is 5.10. The van der Waals surface area contributed by atoms with Gasteiger partial charge >= 0.3 is 0 Å². The van der Waals surface area contributed by atoms with Crippen LogP contribution in [0.2, 0.25) is 0 Å². The number of nitrogens with zero attached hydrogens (tertiary/aromatic N) is 3. The SMILES string of the molecule is Cc1cc(C(=O)Nc2cn[nH]c2)c2c(C)noc2n1. The van der Waals surface area contributed by atoms with Gasteiger partial charge in [0.2, 0.25) is 0 Å². The number of rotatable bonds is 2. The molecule has 0 aliphatic rings. The zero-order chi connectivity index (χ0) is 13.4. The molecule has 0 bridgehead atoms. The second-order valence-corrected chi connectivity index (χ2v) is 4.20. The minimum absolute atomic E-state index is 0.247. The van der Waals surface area contributed by atoms with Gasteiger partial charge in [-0.25, -0.2) is 4.98 Å². The Balaban J connectivity index is 2.08. The molecule has 7 heteroatoms. The Morgan fingerprint density at radius 2 is 2.26 bits per heavy atom. The molecule has 7 nitrogen and oxygen atoms in total. The minimum atomic E-state index is -0.247. The fourth-order valence-corrected chi connectivity index (χ4v) is 1.91. The summed E-state index contributed by atoms with van der Waals surface area (Å²) >= 11 is 0. The summed E-state index contributed by atoms with van der Waals surface area (Å²) in [5.74, 6) is -0.247. The fraction of sp³-hybridized carbons (Fsp3) is 0.167. The van der Waals surface area contributed by atoms with Crippen LogP contribution in [-0.4, -0.2) is 26.2 Å². The van der Waals surface area contributed by atoms with E-state index in [2.05, 4.69) is 25.7 Å². The third-order valence-corrected chi connectivity index (χ3v) is 2.75. The van der Waals surface area contributed by atoms with Crippen molar-refractivity contribution in [1.29, 1.82) is 0 Å². The van der Waals surface area contributed by atoms with Gasteiger partial charge in [0.1, 0.15) is 0 Å². The summed E-state index contributed by atoms with van der Waals surface area (Å²) in [4.78, 5) is 16.5. The molecule has 0 aromatic carbocycles. The van der Waals surface area contributed by atoms with E-state index in [-0.39, 0.29) is 5.91 Å². The summed E-state index contributed by atoms with van der Waals surface area (Å²) in [6.45, 7) is 3.57. The van der Waals surface area contributed by atoms with Crippen molar-refractivity contribution in [3.63, 3.8) is 0 Å². The minimum Gasteiger partial charge on any atom is -0.336 e. The number of pyridine rings is 1. The van der Waals surface area contributed by atoms with E-state index in [1.807, 2.05) is 0 Å². The van der Waals surface area contributed by atoms with Crippen LogP contribution >= 0.6 is 0 Å². The molecule has 0 saturated heterocycles. The smallest absolute Gasteiger partial charge is 0.258 e. The van der Waals surface area contributed by atoms with Crippen molar-refractivity contribution in [3.8, 4) is 0 Å². The number of amides is 1. The van der Waals surface area contributed by atoms with Crippen LogP contribution in [-0.2, 0) is 0 Å². The standard InChI is InChI=1S/C12H11N5O2/c1-6-3-9(10-7(2)17-19-12(10)15-6)11(18)16-8-4-13-14-5-8/h3-5H,1-2H3,(H,13,14)(H,16,18). The summed E-state index contributed by atoms with van der Waals surface area (Å²) in [5, 5.41) is 13.6.